The average Bonchev–Trinajstić information content (AvgIpc) is 2.80. The number of allylic oxidation sites excluding steroid dienone is 5. The van der Waals surface area contributed by atoms with Crippen molar-refractivity contribution < 1.29 is 18.3 Å². The van der Waals surface area contributed by atoms with Crippen molar-refractivity contribution in [2.75, 3.05) is 0 Å². The van der Waals surface area contributed by atoms with E-state index in [0.717, 1.165) is 12.5 Å². The fourth-order valence-corrected chi connectivity index (χ4v) is 1.42. The standard InChI is InChI=1S/C11H7F3N2O/c12-11(13,14)10-8(5-15-6-16-10)9(17)7-3-1-2-4-7/h1-6,17H. The maximum absolute atomic E-state index is 12.6. The highest BCUT2D eigenvalue weighted by Crippen LogP contribution is 2.33. The third-order valence-corrected chi connectivity index (χ3v) is 2.17. The number of halogens is 3. The summed E-state index contributed by atoms with van der Waals surface area (Å²) in [6, 6.07) is 0. The van der Waals surface area contributed by atoms with Crippen LogP contribution in [0.1, 0.15) is 11.3 Å². The Bertz CT molecular complexity index is 516. The quantitative estimate of drug-likeness (QED) is 0.767. The van der Waals surface area contributed by atoms with Crippen molar-refractivity contribution in [1.29, 1.82) is 0 Å². The molecule has 1 N–H and O–H groups in total. The molecular weight excluding hydrogens is 233 g/mol. The number of aliphatic hydroxyl groups is 1. The largest absolute Gasteiger partial charge is 0.507 e. The van der Waals surface area contributed by atoms with Gasteiger partial charge in [0.25, 0.3) is 0 Å². The molecule has 0 saturated heterocycles. The van der Waals surface area contributed by atoms with Crippen LogP contribution in [0.2, 0.25) is 0 Å². The smallest absolute Gasteiger partial charge is 0.434 e. The Kier molecular flexibility index (Phi) is 2.71. The number of nitrogens with zero attached hydrogens (tertiary/aromatic N) is 2. The van der Waals surface area contributed by atoms with Crippen molar-refractivity contribution >= 4 is 5.76 Å². The van der Waals surface area contributed by atoms with Gasteiger partial charge in [-0.25, -0.2) is 9.97 Å². The second-order valence-electron chi connectivity index (χ2n) is 3.30. The number of aliphatic hydroxyl groups excluding tert-OH is 1. The van der Waals surface area contributed by atoms with Crippen molar-refractivity contribution in [3.63, 3.8) is 0 Å². The molecule has 1 heterocycles. The van der Waals surface area contributed by atoms with E-state index in [-0.39, 0.29) is 0 Å². The molecule has 0 radical (unpaired) electrons. The highest BCUT2D eigenvalue weighted by Gasteiger charge is 2.36. The van der Waals surface area contributed by atoms with Gasteiger partial charge in [-0.2, -0.15) is 13.2 Å². The Labute approximate surface area is 94.6 Å². The summed E-state index contributed by atoms with van der Waals surface area (Å²) >= 11 is 0. The van der Waals surface area contributed by atoms with Crippen LogP contribution in [0.4, 0.5) is 13.2 Å². The predicted octanol–water partition coefficient (Wildman–Crippen LogP) is 2.89. The molecule has 0 fully saturated rings. The fourth-order valence-electron chi connectivity index (χ4n) is 1.42. The molecule has 2 rings (SSSR count). The first-order chi connectivity index (χ1) is 8.00. The van der Waals surface area contributed by atoms with Gasteiger partial charge in [-0.1, -0.05) is 24.3 Å². The van der Waals surface area contributed by atoms with E-state index in [1.807, 2.05) is 0 Å². The molecule has 0 saturated carbocycles. The zero-order valence-electron chi connectivity index (χ0n) is 8.44. The summed E-state index contributed by atoms with van der Waals surface area (Å²) < 4.78 is 37.9. The van der Waals surface area contributed by atoms with E-state index in [1.54, 1.807) is 12.2 Å². The minimum absolute atomic E-state index is 0.297. The molecule has 1 aliphatic rings. The first-order valence-corrected chi connectivity index (χ1v) is 4.65. The third kappa shape index (κ3) is 2.20. The van der Waals surface area contributed by atoms with Gasteiger partial charge >= 0.3 is 6.18 Å². The molecule has 0 bridgehead atoms. The molecule has 17 heavy (non-hydrogen) atoms. The lowest BCUT2D eigenvalue weighted by Gasteiger charge is -2.10. The van der Waals surface area contributed by atoms with Crippen LogP contribution in [-0.4, -0.2) is 15.1 Å². The van der Waals surface area contributed by atoms with Crippen LogP contribution in [0, 0.1) is 0 Å². The van der Waals surface area contributed by atoms with Crippen LogP contribution in [0.25, 0.3) is 5.76 Å². The van der Waals surface area contributed by atoms with E-state index >= 15 is 0 Å². The van der Waals surface area contributed by atoms with Gasteiger partial charge in [0.05, 0.1) is 5.56 Å². The second kappa shape index (κ2) is 4.04. The van der Waals surface area contributed by atoms with Gasteiger partial charge in [0.2, 0.25) is 0 Å². The molecule has 6 heteroatoms. The van der Waals surface area contributed by atoms with Crippen LogP contribution < -0.4 is 0 Å². The molecule has 0 atom stereocenters. The van der Waals surface area contributed by atoms with E-state index in [4.69, 9.17) is 0 Å². The monoisotopic (exact) mass is 240 g/mol. The van der Waals surface area contributed by atoms with Gasteiger partial charge in [0, 0.05) is 11.8 Å². The minimum atomic E-state index is -4.63. The second-order valence-corrected chi connectivity index (χ2v) is 3.30. The summed E-state index contributed by atoms with van der Waals surface area (Å²) in [6.07, 6.45) is 3.35. The zero-order chi connectivity index (χ0) is 12.5. The number of hydrogen-bond donors (Lipinski definition) is 1. The first kappa shape index (κ1) is 11.4. The average molecular weight is 240 g/mol. The highest BCUT2D eigenvalue weighted by atomic mass is 19.4. The van der Waals surface area contributed by atoms with Crippen LogP contribution >= 0.6 is 0 Å². The molecule has 1 aliphatic carbocycles. The van der Waals surface area contributed by atoms with E-state index < -0.39 is 23.2 Å². The lowest BCUT2D eigenvalue weighted by molar-refractivity contribution is -0.141. The number of aromatic nitrogens is 2. The molecule has 0 unspecified atom stereocenters. The summed E-state index contributed by atoms with van der Waals surface area (Å²) in [6.45, 7) is 0. The zero-order valence-corrected chi connectivity index (χ0v) is 8.44. The molecule has 88 valence electrons. The van der Waals surface area contributed by atoms with Crippen molar-refractivity contribution in [3.05, 3.63) is 53.7 Å². The molecule has 0 aliphatic heterocycles. The Morgan fingerprint density at radius 2 is 1.82 bits per heavy atom. The summed E-state index contributed by atoms with van der Waals surface area (Å²) in [4.78, 5) is 6.66. The van der Waals surface area contributed by atoms with E-state index in [9.17, 15) is 18.3 Å². The number of rotatable bonds is 1. The minimum Gasteiger partial charge on any atom is -0.507 e. The Morgan fingerprint density at radius 1 is 1.18 bits per heavy atom. The van der Waals surface area contributed by atoms with Crippen LogP contribution in [-0.2, 0) is 6.18 Å². The van der Waals surface area contributed by atoms with Gasteiger partial charge in [-0.05, 0) is 0 Å². The first-order valence-electron chi connectivity index (χ1n) is 4.65. The maximum atomic E-state index is 12.6. The Morgan fingerprint density at radius 3 is 2.41 bits per heavy atom. The lowest BCUT2D eigenvalue weighted by Crippen LogP contribution is -2.12. The van der Waals surface area contributed by atoms with Crippen LogP contribution in [0.3, 0.4) is 0 Å². The number of alkyl halides is 3. The SMILES string of the molecule is OC(=C1C=CC=C1)c1cncnc1C(F)(F)F. The van der Waals surface area contributed by atoms with Gasteiger partial charge in [0.1, 0.15) is 12.1 Å². The Balaban J connectivity index is 2.57. The summed E-state index contributed by atoms with van der Waals surface area (Å²) in [5.41, 5.74) is -1.28. The fraction of sp³-hybridized carbons (Fsp3) is 0.0909. The maximum Gasteiger partial charge on any atom is 0.434 e. The lowest BCUT2D eigenvalue weighted by atomic mass is 10.1. The molecular formula is C11H7F3N2O. The van der Waals surface area contributed by atoms with Gasteiger partial charge in [-0.3, -0.25) is 0 Å². The van der Waals surface area contributed by atoms with Crippen LogP contribution in [0.5, 0.6) is 0 Å². The predicted molar refractivity (Wildman–Crippen MR) is 54.9 cm³/mol. The summed E-state index contributed by atoms with van der Waals surface area (Å²) in [5, 5.41) is 9.76. The van der Waals surface area contributed by atoms with Crippen molar-refractivity contribution in [1.82, 2.24) is 9.97 Å². The van der Waals surface area contributed by atoms with Gasteiger partial charge in [0.15, 0.2) is 5.69 Å². The third-order valence-electron chi connectivity index (χ3n) is 2.17. The van der Waals surface area contributed by atoms with E-state index in [2.05, 4.69) is 9.97 Å². The normalized spacial score (nSPS) is 14.4. The molecule has 0 aromatic carbocycles. The Hall–Kier alpha value is -2.11. The topological polar surface area (TPSA) is 46.0 Å². The van der Waals surface area contributed by atoms with Gasteiger partial charge < -0.3 is 5.11 Å². The molecule has 0 amide bonds. The van der Waals surface area contributed by atoms with E-state index in [1.165, 1.54) is 12.2 Å². The van der Waals surface area contributed by atoms with Crippen LogP contribution in [0.15, 0.2) is 42.4 Å². The molecule has 3 nitrogen and oxygen atoms in total. The summed E-state index contributed by atoms with van der Waals surface area (Å²) in [7, 11) is 0. The van der Waals surface area contributed by atoms with Crippen molar-refractivity contribution in [2.24, 2.45) is 0 Å². The summed E-state index contributed by atoms with van der Waals surface area (Å²) in [5.74, 6) is -0.483. The molecule has 1 aromatic rings. The molecule has 0 spiro atoms. The molecule has 1 aromatic heterocycles. The van der Waals surface area contributed by atoms with Gasteiger partial charge in [-0.15, -0.1) is 0 Å². The van der Waals surface area contributed by atoms with Crippen molar-refractivity contribution in [2.45, 2.75) is 6.18 Å². The highest BCUT2D eigenvalue weighted by molar-refractivity contribution is 5.70. The van der Waals surface area contributed by atoms with E-state index in [0.29, 0.717) is 5.57 Å². The van der Waals surface area contributed by atoms with Crippen molar-refractivity contribution in [3.8, 4) is 0 Å². The number of hydrogen-bond acceptors (Lipinski definition) is 3.